The van der Waals surface area contributed by atoms with Gasteiger partial charge >= 0.3 is 5.97 Å². The van der Waals surface area contributed by atoms with Gasteiger partial charge in [0.1, 0.15) is 0 Å². The van der Waals surface area contributed by atoms with Gasteiger partial charge in [-0.3, -0.25) is 9.59 Å². The lowest BCUT2D eigenvalue weighted by molar-refractivity contribution is -0.142. The monoisotopic (exact) mass is 325 g/mol. The predicted octanol–water partition coefficient (Wildman–Crippen LogP) is 2.98. The maximum Gasteiger partial charge on any atom is 0.330 e. The second-order valence-electron chi connectivity index (χ2n) is 5.39. The molecule has 0 heterocycles. The Morgan fingerprint density at radius 3 is 2.04 bits per heavy atom. The van der Waals surface area contributed by atoms with E-state index in [0.717, 1.165) is 0 Å². The third kappa shape index (κ3) is 5.05. The molecule has 5 heteroatoms. The van der Waals surface area contributed by atoms with Gasteiger partial charge in [-0.15, -0.1) is 0 Å². The standard InChI is InChI=1S/C19H19NO4/c21-16(14-8-3-1-4-9-14)12-7-13-17(22)20-18(19(23)24)15-10-5-2-6-11-15/h1-6,8-11,18H,7,12-13H2,(H,20,22)(H,23,24). The second-order valence-corrected chi connectivity index (χ2v) is 5.39. The van der Waals surface area contributed by atoms with Crippen molar-refractivity contribution in [3.63, 3.8) is 0 Å². The van der Waals surface area contributed by atoms with E-state index in [0.29, 0.717) is 17.5 Å². The molecule has 2 aromatic carbocycles. The summed E-state index contributed by atoms with van der Waals surface area (Å²) in [5.41, 5.74) is 1.13. The number of hydrogen-bond donors (Lipinski definition) is 2. The van der Waals surface area contributed by atoms with Gasteiger partial charge in [0.2, 0.25) is 5.91 Å². The predicted molar refractivity (Wildman–Crippen MR) is 89.6 cm³/mol. The second kappa shape index (κ2) is 8.62. The molecule has 124 valence electrons. The van der Waals surface area contributed by atoms with Crippen LogP contribution in [0.4, 0.5) is 0 Å². The third-order valence-corrected chi connectivity index (χ3v) is 3.59. The zero-order valence-electron chi connectivity index (χ0n) is 13.1. The van der Waals surface area contributed by atoms with Gasteiger partial charge in [0.15, 0.2) is 11.8 Å². The van der Waals surface area contributed by atoms with Crippen LogP contribution in [0.5, 0.6) is 0 Å². The first kappa shape index (κ1) is 17.4. The summed E-state index contributed by atoms with van der Waals surface area (Å²) in [5, 5.41) is 11.8. The van der Waals surface area contributed by atoms with Crippen molar-refractivity contribution < 1.29 is 19.5 Å². The molecule has 1 atom stereocenters. The molecule has 1 amide bonds. The fourth-order valence-electron chi connectivity index (χ4n) is 2.34. The summed E-state index contributed by atoms with van der Waals surface area (Å²) in [6.07, 6.45) is 0.733. The van der Waals surface area contributed by atoms with Crippen LogP contribution in [0, 0.1) is 0 Å². The highest BCUT2D eigenvalue weighted by atomic mass is 16.4. The summed E-state index contributed by atoms with van der Waals surface area (Å²) in [6.45, 7) is 0. The van der Waals surface area contributed by atoms with Crippen LogP contribution in [0.2, 0.25) is 0 Å². The molecule has 0 saturated carbocycles. The van der Waals surface area contributed by atoms with Crippen LogP contribution in [0.25, 0.3) is 0 Å². The summed E-state index contributed by atoms with van der Waals surface area (Å²) in [7, 11) is 0. The zero-order valence-corrected chi connectivity index (χ0v) is 13.1. The number of nitrogens with one attached hydrogen (secondary N) is 1. The number of rotatable bonds is 8. The number of carboxylic acid groups (broad SMARTS) is 1. The van der Waals surface area contributed by atoms with E-state index >= 15 is 0 Å². The molecule has 24 heavy (non-hydrogen) atoms. The van der Waals surface area contributed by atoms with E-state index in [1.165, 1.54) is 0 Å². The van der Waals surface area contributed by atoms with Crippen molar-refractivity contribution in [3.8, 4) is 0 Å². The van der Waals surface area contributed by atoms with Gasteiger partial charge in [-0.2, -0.15) is 0 Å². The smallest absolute Gasteiger partial charge is 0.330 e. The number of carbonyl (C=O) groups is 3. The Labute approximate surface area is 140 Å². The Morgan fingerprint density at radius 1 is 0.875 bits per heavy atom. The number of Topliss-reactive ketones (excluding diaryl/α,β-unsaturated/α-hetero) is 1. The number of ketones is 1. The normalized spacial score (nSPS) is 11.5. The molecule has 0 bridgehead atoms. The average molecular weight is 325 g/mol. The van der Waals surface area contributed by atoms with Crippen LogP contribution in [0.1, 0.15) is 41.2 Å². The number of benzene rings is 2. The molecule has 0 aliphatic carbocycles. The number of hydrogen-bond acceptors (Lipinski definition) is 3. The lowest BCUT2D eigenvalue weighted by Gasteiger charge is -2.14. The molecule has 0 radical (unpaired) electrons. The molecule has 0 saturated heterocycles. The Hall–Kier alpha value is -2.95. The molecule has 0 aromatic heterocycles. The minimum absolute atomic E-state index is 0.0266. The van der Waals surface area contributed by atoms with Crippen molar-refractivity contribution in [1.82, 2.24) is 5.32 Å². The van der Waals surface area contributed by atoms with E-state index in [9.17, 15) is 19.5 Å². The molecule has 1 unspecified atom stereocenters. The quantitative estimate of drug-likeness (QED) is 0.731. The molecule has 0 aliphatic rings. The SMILES string of the molecule is O=C(CCCC(=O)c1ccccc1)NC(C(=O)O)c1ccccc1. The van der Waals surface area contributed by atoms with E-state index in [-0.39, 0.29) is 24.5 Å². The van der Waals surface area contributed by atoms with Gasteiger partial charge in [0.25, 0.3) is 0 Å². The van der Waals surface area contributed by atoms with Gasteiger partial charge < -0.3 is 10.4 Å². The van der Waals surface area contributed by atoms with Crippen LogP contribution in [-0.4, -0.2) is 22.8 Å². The van der Waals surface area contributed by atoms with Crippen molar-refractivity contribution >= 4 is 17.7 Å². The number of carboxylic acids is 1. The van der Waals surface area contributed by atoms with Crippen LogP contribution in [0.3, 0.4) is 0 Å². The first-order valence-corrected chi connectivity index (χ1v) is 7.73. The van der Waals surface area contributed by atoms with Gasteiger partial charge in [0, 0.05) is 18.4 Å². The average Bonchev–Trinajstić information content (AvgIpc) is 2.61. The largest absolute Gasteiger partial charge is 0.479 e. The number of aliphatic carboxylic acids is 1. The zero-order chi connectivity index (χ0) is 17.4. The highest BCUT2D eigenvalue weighted by molar-refractivity contribution is 5.96. The van der Waals surface area contributed by atoms with Gasteiger partial charge in [-0.05, 0) is 12.0 Å². The molecular weight excluding hydrogens is 306 g/mol. The summed E-state index contributed by atoms with van der Waals surface area (Å²) in [5.74, 6) is -1.52. The molecule has 0 aliphatic heterocycles. The molecule has 0 fully saturated rings. The van der Waals surface area contributed by atoms with E-state index < -0.39 is 12.0 Å². The van der Waals surface area contributed by atoms with Gasteiger partial charge in [0.05, 0.1) is 0 Å². The molecule has 2 rings (SSSR count). The molecule has 2 N–H and O–H groups in total. The fraction of sp³-hybridized carbons (Fsp3) is 0.211. The Kier molecular flexibility index (Phi) is 6.25. The minimum atomic E-state index is -1.12. The number of amides is 1. The third-order valence-electron chi connectivity index (χ3n) is 3.59. The Balaban J connectivity index is 1.84. The van der Waals surface area contributed by atoms with Crippen molar-refractivity contribution in [1.29, 1.82) is 0 Å². The summed E-state index contributed by atoms with van der Waals surface area (Å²) in [4.78, 5) is 35.2. The fourth-order valence-corrected chi connectivity index (χ4v) is 2.34. The molecular formula is C19H19NO4. The topological polar surface area (TPSA) is 83.5 Å². The van der Waals surface area contributed by atoms with Crippen molar-refractivity contribution in [2.24, 2.45) is 0 Å². The summed E-state index contributed by atoms with van der Waals surface area (Å²) in [6, 6.07) is 16.3. The molecule has 0 spiro atoms. The van der Waals surface area contributed by atoms with Crippen LogP contribution < -0.4 is 5.32 Å². The van der Waals surface area contributed by atoms with Crippen LogP contribution >= 0.6 is 0 Å². The first-order chi connectivity index (χ1) is 11.6. The van der Waals surface area contributed by atoms with Crippen LogP contribution in [0.15, 0.2) is 60.7 Å². The lowest BCUT2D eigenvalue weighted by Crippen LogP contribution is -2.33. The maximum absolute atomic E-state index is 12.0. The van der Waals surface area contributed by atoms with Crippen molar-refractivity contribution in [3.05, 3.63) is 71.8 Å². The molecule has 2 aromatic rings. The van der Waals surface area contributed by atoms with Gasteiger partial charge in [-0.25, -0.2) is 4.79 Å². The highest BCUT2D eigenvalue weighted by Crippen LogP contribution is 2.13. The Bertz CT molecular complexity index is 698. The van der Waals surface area contributed by atoms with Gasteiger partial charge in [-0.1, -0.05) is 60.7 Å². The minimum Gasteiger partial charge on any atom is -0.479 e. The first-order valence-electron chi connectivity index (χ1n) is 7.73. The lowest BCUT2D eigenvalue weighted by atomic mass is 10.0. The van der Waals surface area contributed by atoms with Crippen molar-refractivity contribution in [2.75, 3.05) is 0 Å². The summed E-state index contributed by atoms with van der Waals surface area (Å²) < 4.78 is 0. The van der Waals surface area contributed by atoms with Crippen molar-refractivity contribution in [2.45, 2.75) is 25.3 Å². The highest BCUT2D eigenvalue weighted by Gasteiger charge is 2.21. The van der Waals surface area contributed by atoms with E-state index in [4.69, 9.17) is 0 Å². The number of carbonyl (C=O) groups excluding carboxylic acids is 2. The van der Waals surface area contributed by atoms with E-state index in [2.05, 4.69) is 5.32 Å². The van der Waals surface area contributed by atoms with E-state index in [1.54, 1.807) is 54.6 Å². The van der Waals surface area contributed by atoms with Crippen LogP contribution in [-0.2, 0) is 9.59 Å². The van der Waals surface area contributed by atoms with E-state index in [1.807, 2.05) is 6.07 Å². The summed E-state index contributed by atoms with van der Waals surface area (Å²) >= 11 is 0. The Morgan fingerprint density at radius 2 is 1.46 bits per heavy atom. The molecule has 5 nitrogen and oxygen atoms in total. The maximum atomic E-state index is 12.0.